The Labute approximate surface area is 200 Å². The topological polar surface area (TPSA) is 69.9 Å². The number of aliphatic hydroxyl groups excluding tert-OH is 3. The van der Waals surface area contributed by atoms with Crippen LogP contribution in [0.25, 0.3) is 0 Å². The van der Waals surface area contributed by atoms with Crippen LogP contribution in [0.2, 0.25) is 0 Å². The first-order valence-electron chi connectivity index (χ1n) is 14.1. The molecule has 1 unspecified atom stereocenters. The average molecular weight is 459 g/mol. The van der Waals surface area contributed by atoms with Crippen molar-refractivity contribution in [3.63, 3.8) is 0 Å². The second-order valence-electron chi connectivity index (χ2n) is 10.2. The van der Waals surface area contributed by atoms with E-state index in [2.05, 4.69) is 13.8 Å². The summed E-state index contributed by atoms with van der Waals surface area (Å²) < 4.78 is 5.91. The monoisotopic (exact) mass is 458 g/mol. The van der Waals surface area contributed by atoms with Crippen molar-refractivity contribution in [2.24, 2.45) is 11.3 Å². The lowest BCUT2D eigenvalue weighted by Crippen LogP contribution is -2.39. The molecular weight excluding hydrogens is 400 g/mol. The van der Waals surface area contributed by atoms with E-state index in [0.717, 1.165) is 0 Å². The zero-order valence-electron chi connectivity index (χ0n) is 21.8. The molecule has 0 fully saturated rings. The molecule has 0 aromatic heterocycles. The minimum absolute atomic E-state index is 0.224. The van der Waals surface area contributed by atoms with E-state index in [0.29, 0.717) is 12.5 Å². The summed E-state index contributed by atoms with van der Waals surface area (Å²) in [6.45, 7) is 4.69. The molecule has 0 radical (unpaired) electrons. The first-order valence-corrected chi connectivity index (χ1v) is 14.1. The van der Waals surface area contributed by atoms with Gasteiger partial charge in [-0.05, 0) is 18.8 Å². The van der Waals surface area contributed by atoms with Crippen LogP contribution >= 0.6 is 0 Å². The van der Waals surface area contributed by atoms with E-state index in [1.807, 2.05) is 0 Å². The number of rotatable bonds is 26. The van der Waals surface area contributed by atoms with Crippen molar-refractivity contribution in [3.05, 3.63) is 0 Å². The van der Waals surface area contributed by atoms with Gasteiger partial charge in [-0.1, -0.05) is 123 Å². The van der Waals surface area contributed by atoms with Crippen molar-refractivity contribution in [1.29, 1.82) is 0 Å². The van der Waals surface area contributed by atoms with Crippen LogP contribution in [0.4, 0.5) is 0 Å². The van der Waals surface area contributed by atoms with Gasteiger partial charge >= 0.3 is 0 Å². The molecule has 194 valence electrons. The van der Waals surface area contributed by atoms with Crippen molar-refractivity contribution >= 4 is 0 Å². The van der Waals surface area contributed by atoms with Crippen LogP contribution in [0.15, 0.2) is 0 Å². The highest BCUT2D eigenvalue weighted by Crippen LogP contribution is 2.22. The van der Waals surface area contributed by atoms with Gasteiger partial charge < -0.3 is 20.1 Å². The van der Waals surface area contributed by atoms with Crippen LogP contribution < -0.4 is 0 Å². The third-order valence-electron chi connectivity index (χ3n) is 6.95. The molecule has 1 atom stereocenters. The first kappa shape index (κ1) is 31.8. The molecular formula is C28H58O4. The maximum absolute atomic E-state index is 9.51. The van der Waals surface area contributed by atoms with Gasteiger partial charge in [-0.2, -0.15) is 0 Å². The van der Waals surface area contributed by atoms with Crippen LogP contribution in [0.1, 0.15) is 136 Å². The van der Waals surface area contributed by atoms with E-state index in [1.165, 1.54) is 122 Å². The van der Waals surface area contributed by atoms with Crippen LogP contribution in [-0.4, -0.2) is 48.4 Å². The molecule has 4 heteroatoms. The van der Waals surface area contributed by atoms with Gasteiger partial charge in [0.25, 0.3) is 0 Å². The SMILES string of the molecule is CCCCCCCCCCCCC(CCCCCCCCC)COCC(CO)(CO)CO. The molecule has 32 heavy (non-hydrogen) atoms. The van der Waals surface area contributed by atoms with E-state index in [9.17, 15) is 15.3 Å². The fraction of sp³-hybridized carbons (Fsp3) is 1.00. The van der Waals surface area contributed by atoms with Crippen LogP contribution in [-0.2, 0) is 4.74 Å². The third-order valence-corrected chi connectivity index (χ3v) is 6.95. The zero-order chi connectivity index (χ0) is 23.8. The summed E-state index contributed by atoms with van der Waals surface area (Å²) in [6.07, 6.45) is 25.3. The van der Waals surface area contributed by atoms with E-state index in [4.69, 9.17) is 4.74 Å². The Morgan fingerprint density at radius 2 is 0.875 bits per heavy atom. The molecule has 0 bridgehead atoms. The van der Waals surface area contributed by atoms with Crippen LogP contribution in [0.5, 0.6) is 0 Å². The minimum atomic E-state index is -0.916. The Hall–Kier alpha value is -0.160. The van der Waals surface area contributed by atoms with Gasteiger partial charge in [0.05, 0.1) is 31.8 Å². The molecule has 0 aliphatic rings. The van der Waals surface area contributed by atoms with E-state index in [1.54, 1.807) is 0 Å². The fourth-order valence-electron chi connectivity index (χ4n) is 4.35. The summed E-state index contributed by atoms with van der Waals surface area (Å²) in [5.41, 5.74) is -0.916. The van der Waals surface area contributed by atoms with Gasteiger partial charge in [0, 0.05) is 6.61 Å². The van der Waals surface area contributed by atoms with Gasteiger partial charge in [-0.3, -0.25) is 0 Å². The third kappa shape index (κ3) is 18.3. The summed E-state index contributed by atoms with van der Waals surface area (Å²) in [5, 5.41) is 28.5. The summed E-state index contributed by atoms with van der Waals surface area (Å²) in [4.78, 5) is 0. The van der Waals surface area contributed by atoms with Crippen molar-refractivity contribution < 1.29 is 20.1 Å². The van der Waals surface area contributed by atoms with Gasteiger partial charge in [0.15, 0.2) is 0 Å². The smallest absolute Gasteiger partial charge is 0.0629 e. The second-order valence-corrected chi connectivity index (χ2v) is 10.2. The Kier molecular flexibility index (Phi) is 23.9. The molecule has 0 saturated heterocycles. The summed E-state index contributed by atoms with van der Waals surface area (Å²) in [6, 6.07) is 0. The summed E-state index contributed by atoms with van der Waals surface area (Å²) in [7, 11) is 0. The first-order chi connectivity index (χ1) is 15.7. The van der Waals surface area contributed by atoms with Crippen molar-refractivity contribution in [2.45, 2.75) is 136 Å². The predicted octanol–water partition coefficient (Wildman–Crippen LogP) is 7.03. The van der Waals surface area contributed by atoms with Gasteiger partial charge in [-0.25, -0.2) is 0 Å². The number of hydrogen-bond donors (Lipinski definition) is 3. The largest absolute Gasteiger partial charge is 0.396 e. The maximum atomic E-state index is 9.51. The molecule has 0 aliphatic carbocycles. The van der Waals surface area contributed by atoms with Crippen molar-refractivity contribution in [3.8, 4) is 0 Å². The van der Waals surface area contributed by atoms with Crippen LogP contribution in [0, 0.1) is 11.3 Å². The lowest BCUT2D eigenvalue weighted by Gasteiger charge is -2.28. The molecule has 0 rings (SSSR count). The molecule has 0 saturated carbocycles. The molecule has 0 aromatic carbocycles. The van der Waals surface area contributed by atoms with E-state index in [-0.39, 0.29) is 26.4 Å². The van der Waals surface area contributed by atoms with E-state index < -0.39 is 5.41 Å². The highest BCUT2D eigenvalue weighted by atomic mass is 16.5. The normalized spacial score (nSPS) is 13.0. The minimum Gasteiger partial charge on any atom is -0.396 e. The van der Waals surface area contributed by atoms with Gasteiger partial charge in [-0.15, -0.1) is 0 Å². The highest BCUT2D eigenvalue weighted by molar-refractivity contribution is 4.76. The quantitative estimate of drug-likeness (QED) is 0.122. The molecule has 0 amide bonds. The number of hydrogen-bond acceptors (Lipinski definition) is 4. The number of unbranched alkanes of at least 4 members (excludes halogenated alkanes) is 15. The second kappa shape index (κ2) is 24.0. The molecule has 0 aliphatic heterocycles. The Morgan fingerprint density at radius 1 is 0.531 bits per heavy atom. The average Bonchev–Trinajstić information content (AvgIpc) is 2.82. The standard InChI is InChI=1S/C28H58O4/c1-3-5-7-9-11-12-13-15-17-19-21-27(20-18-16-14-10-8-6-4-2)22-32-26-28(23-29,24-30)25-31/h27,29-31H,3-26H2,1-2H3. The van der Waals surface area contributed by atoms with Crippen molar-refractivity contribution in [1.82, 2.24) is 0 Å². The molecule has 0 heterocycles. The Balaban J connectivity index is 4.10. The van der Waals surface area contributed by atoms with E-state index >= 15 is 0 Å². The van der Waals surface area contributed by atoms with Gasteiger partial charge in [0.1, 0.15) is 0 Å². The molecule has 4 nitrogen and oxygen atoms in total. The lowest BCUT2D eigenvalue weighted by molar-refractivity contribution is -0.0649. The lowest BCUT2D eigenvalue weighted by atomic mass is 9.92. The molecule has 3 N–H and O–H groups in total. The zero-order valence-corrected chi connectivity index (χ0v) is 21.8. The maximum Gasteiger partial charge on any atom is 0.0629 e. The molecule has 0 spiro atoms. The highest BCUT2D eigenvalue weighted by Gasteiger charge is 2.28. The molecule has 0 aromatic rings. The van der Waals surface area contributed by atoms with Crippen LogP contribution in [0.3, 0.4) is 0 Å². The summed E-state index contributed by atoms with van der Waals surface area (Å²) in [5.74, 6) is 0.550. The predicted molar refractivity (Wildman–Crippen MR) is 137 cm³/mol. The number of aliphatic hydroxyl groups is 3. The summed E-state index contributed by atoms with van der Waals surface area (Å²) >= 11 is 0. The Morgan fingerprint density at radius 3 is 1.22 bits per heavy atom. The Bertz CT molecular complexity index is 349. The fourth-order valence-corrected chi connectivity index (χ4v) is 4.35. The van der Waals surface area contributed by atoms with Gasteiger partial charge in [0.2, 0.25) is 0 Å². The number of ether oxygens (including phenoxy) is 1. The van der Waals surface area contributed by atoms with Crippen molar-refractivity contribution in [2.75, 3.05) is 33.0 Å².